The van der Waals surface area contributed by atoms with Crippen molar-refractivity contribution in [1.82, 2.24) is 20.3 Å². The monoisotopic (exact) mass is 484 g/mol. The van der Waals surface area contributed by atoms with E-state index in [0.717, 1.165) is 11.1 Å². The third kappa shape index (κ3) is 6.77. The summed E-state index contributed by atoms with van der Waals surface area (Å²) >= 11 is 0. The molecule has 1 saturated heterocycles. The fourth-order valence-corrected chi connectivity index (χ4v) is 3.94. The first-order valence-electron chi connectivity index (χ1n) is 11.9. The predicted molar refractivity (Wildman–Crippen MR) is 132 cm³/mol. The summed E-state index contributed by atoms with van der Waals surface area (Å²) in [5, 5.41) is 0. The van der Waals surface area contributed by atoms with Crippen LogP contribution in [0.1, 0.15) is 68.2 Å². The summed E-state index contributed by atoms with van der Waals surface area (Å²) in [4.78, 5) is 39.3. The number of benzene rings is 1. The van der Waals surface area contributed by atoms with E-state index in [1.807, 2.05) is 63.6 Å². The van der Waals surface area contributed by atoms with E-state index in [2.05, 4.69) is 10.9 Å². The lowest BCUT2D eigenvalue weighted by atomic mass is 10.0. The van der Waals surface area contributed by atoms with Crippen LogP contribution in [-0.2, 0) is 9.53 Å². The van der Waals surface area contributed by atoms with Crippen molar-refractivity contribution in [3.63, 3.8) is 0 Å². The molecule has 1 atom stereocenters. The van der Waals surface area contributed by atoms with Crippen molar-refractivity contribution in [2.75, 3.05) is 13.1 Å². The van der Waals surface area contributed by atoms with Crippen molar-refractivity contribution in [3.8, 4) is 5.75 Å². The van der Waals surface area contributed by atoms with E-state index in [9.17, 15) is 14.4 Å². The average Bonchev–Trinajstić information content (AvgIpc) is 3.29. The molecule has 0 radical (unpaired) electrons. The van der Waals surface area contributed by atoms with E-state index in [0.29, 0.717) is 37.4 Å². The average molecular weight is 485 g/mol. The van der Waals surface area contributed by atoms with Crippen molar-refractivity contribution in [3.05, 3.63) is 53.3 Å². The second-order valence-electron chi connectivity index (χ2n) is 9.90. The van der Waals surface area contributed by atoms with Crippen LogP contribution >= 0.6 is 0 Å². The molecular formula is C26H36N4O5. The summed E-state index contributed by atoms with van der Waals surface area (Å²) in [7, 11) is 0. The molecule has 3 amide bonds. The van der Waals surface area contributed by atoms with Gasteiger partial charge in [-0.3, -0.25) is 20.4 Å². The van der Waals surface area contributed by atoms with Gasteiger partial charge in [0.2, 0.25) is 0 Å². The Kier molecular flexibility index (Phi) is 8.09. The highest BCUT2D eigenvalue weighted by molar-refractivity contribution is 5.94. The van der Waals surface area contributed by atoms with E-state index in [1.54, 1.807) is 24.0 Å². The Labute approximate surface area is 206 Å². The number of hydrogen-bond acceptors (Lipinski definition) is 5. The Morgan fingerprint density at radius 1 is 1.03 bits per heavy atom. The van der Waals surface area contributed by atoms with Crippen molar-refractivity contribution in [2.24, 2.45) is 0 Å². The van der Waals surface area contributed by atoms with Crippen LogP contribution in [0, 0.1) is 13.8 Å². The minimum absolute atomic E-state index is 0.0618. The fraction of sp³-hybridized carbons (Fsp3) is 0.500. The zero-order valence-corrected chi connectivity index (χ0v) is 21.4. The molecule has 3 rings (SSSR count). The number of amides is 3. The van der Waals surface area contributed by atoms with Gasteiger partial charge in [0, 0.05) is 25.3 Å². The molecule has 1 aromatic carbocycles. The Morgan fingerprint density at radius 2 is 1.71 bits per heavy atom. The molecule has 1 fully saturated rings. The summed E-state index contributed by atoms with van der Waals surface area (Å²) in [6.45, 7) is 12.2. The first kappa shape index (κ1) is 26.1. The molecule has 190 valence electrons. The van der Waals surface area contributed by atoms with Gasteiger partial charge >= 0.3 is 6.09 Å². The molecule has 0 saturated carbocycles. The first-order chi connectivity index (χ1) is 16.5. The molecule has 1 aliphatic rings. The topological polar surface area (TPSA) is 102 Å². The smallest absolute Gasteiger partial charge is 0.410 e. The normalized spacial score (nSPS) is 15.3. The summed E-state index contributed by atoms with van der Waals surface area (Å²) in [5.41, 5.74) is 6.87. The number of carbonyl (C=O) groups excluding carboxylic acids is 3. The maximum atomic E-state index is 12.8. The van der Waals surface area contributed by atoms with Crippen LogP contribution in [0.5, 0.6) is 5.75 Å². The number of hydrazine groups is 1. The molecular weight excluding hydrogens is 448 g/mol. The highest BCUT2D eigenvalue weighted by atomic mass is 16.6. The first-order valence-corrected chi connectivity index (χ1v) is 11.9. The number of ether oxygens (including phenoxy) is 2. The molecule has 2 N–H and O–H groups in total. The molecule has 2 heterocycles. The summed E-state index contributed by atoms with van der Waals surface area (Å²) < 4.78 is 13.1. The van der Waals surface area contributed by atoms with Gasteiger partial charge in [-0.05, 0) is 83.7 Å². The van der Waals surface area contributed by atoms with Crippen LogP contribution in [-0.4, -0.2) is 52.2 Å². The number of hydrogen-bond donors (Lipinski definition) is 2. The van der Waals surface area contributed by atoms with Crippen LogP contribution in [0.15, 0.2) is 36.5 Å². The number of nitrogens with one attached hydrogen (secondary N) is 2. The lowest BCUT2D eigenvalue weighted by molar-refractivity contribution is -0.128. The molecule has 0 spiro atoms. The summed E-state index contributed by atoms with van der Waals surface area (Å²) in [5.74, 6) is -0.245. The molecule has 0 bridgehead atoms. The zero-order chi connectivity index (χ0) is 25.8. The predicted octanol–water partition coefficient (Wildman–Crippen LogP) is 3.91. The third-order valence-electron chi connectivity index (χ3n) is 6.05. The molecule has 9 nitrogen and oxygen atoms in total. The van der Waals surface area contributed by atoms with E-state index in [1.165, 1.54) is 0 Å². The number of carbonyl (C=O) groups is 3. The molecule has 1 aromatic heterocycles. The van der Waals surface area contributed by atoms with E-state index in [-0.39, 0.29) is 12.1 Å². The van der Waals surface area contributed by atoms with Crippen LogP contribution in [0.2, 0.25) is 0 Å². The SMILES string of the molecule is Cc1cccc(OC(C)C(=O)NNC(=O)c2cccn2C2CCN(C(=O)OC(C)(C)C)CC2)c1C. The second-order valence-corrected chi connectivity index (χ2v) is 9.90. The highest BCUT2D eigenvalue weighted by Crippen LogP contribution is 2.26. The molecule has 35 heavy (non-hydrogen) atoms. The van der Waals surface area contributed by atoms with Gasteiger partial charge < -0.3 is 18.9 Å². The Hall–Kier alpha value is -3.49. The number of aromatic nitrogens is 1. The van der Waals surface area contributed by atoms with Gasteiger partial charge in [0.25, 0.3) is 11.8 Å². The minimum atomic E-state index is -0.792. The van der Waals surface area contributed by atoms with Gasteiger partial charge in [0.15, 0.2) is 6.10 Å². The highest BCUT2D eigenvalue weighted by Gasteiger charge is 2.29. The summed E-state index contributed by atoms with van der Waals surface area (Å²) in [6.07, 6.45) is 2.13. The minimum Gasteiger partial charge on any atom is -0.481 e. The quantitative estimate of drug-likeness (QED) is 0.627. The number of rotatable bonds is 5. The number of piperidine rings is 1. The Bertz CT molecular complexity index is 1060. The van der Waals surface area contributed by atoms with Crippen molar-refractivity contribution >= 4 is 17.9 Å². The lowest BCUT2D eigenvalue weighted by Gasteiger charge is -2.34. The third-order valence-corrected chi connectivity index (χ3v) is 6.05. The van der Waals surface area contributed by atoms with Crippen molar-refractivity contribution < 1.29 is 23.9 Å². The lowest BCUT2D eigenvalue weighted by Crippen LogP contribution is -2.48. The Balaban J connectivity index is 1.53. The van der Waals surface area contributed by atoms with Gasteiger partial charge in [-0.2, -0.15) is 0 Å². The van der Waals surface area contributed by atoms with Crippen LogP contribution in [0.25, 0.3) is 0 Å². The van der Waals surface area contributed by atoms with Crippen molar-refractivity contribution in [2.45, 2.75) is 72.1 Å². The zero-order valence-electron chi connectivity index (χ0n) is 21.4. The van der Waals surface area contributed by atoms with Crippen molar-refractivity contribution in [1.29, 1.82) is 0 Å². The number of aryl methyl sites for hydroxylation is 1. The molecule has 9 heteroatoms. The van der Waals surface area contributed by atoms with Gasteiger partial charge in [0.05, 0.1) is 0 Å². The Morgan fingerprint density at radius 3 is 2.37 bits per heavy atom. The van der Waals surface area contributed by atoms with E-state index in [4.69, 9.17) is 9.47 Å². The standard InChI is InChI=1S/C26H36N4O5/c1-17-9-7-11-22(18(17)2)34-19(3)23(31)27-28-24(32)21-10-8-14-30(21)20-12-15-29(16-13-20)25(33)35-26(4,5)6/h7-11,14,19-20H,12-13,15-16H2,1-6H3,(H,27,31)(H,28,32). The molecule has 0 aliphatic carbocycles. The maximum Gasteiger partial charge on any atom is 0.410 e. The van der Waals surface area contributed by atoms with Gasteiger partial charge in [-0.25, -0.2) is 4.79 Å². The number of nitrogens with zero attached hydrogens (tertiary/aromatic N) is 2. The largest absolute Gasteiger partial charge is 0.481 e. The van der Waals surface area contributed by atoms with Crippen LogP contribution in [0.3, 0.4) is 0 Å². The van der Waals surface area contributed by atoms with Gasteiger partial charge in [0.1, 0.15) is 17.0 Å². The number of likely N-dealkylation sites (tertiary alicyclic amines) is 1. The molecule has 1 unspecified atom stereocenters. The van der Waals surface area contributed by atoms with Crippen LogP contribution in [0.4, 0.5) is 4.79 Å². The molecule has 1 aliphatic heterocycles. The maximum absolute atomic E-state index is 12.8. The van der Waals surface area contributed by atoms with Gasteiger partial charge in [-0.15, -0.1) is 0 Å². The van der Waals surface area contributed by atoms with Gasteiger partial charge in [-0.1, -0.05) is 12.1 Å². The molecule has 2 aromatic rings. The fourth-order valence-electron chi connectivity index (χ4n) is 3.94. The van der Waals surface area contributed by atoms with E-state index < -0.39 is 23.5 Å². The van der Waals surface area contributed by atoms with Crippen LogP contribution < -0.4 is 15.6 Å². The van der Waals surface area contributed by atoms with E-state index >= 15 is 0 Å². The summed E-state index contributed by atoms with van der Waals surface area (Å²) in [6, 6.07) is 9.22. The second kappa shape index (κ2) is 10.8.